The van der Waals surface area contributed by atoms with Gasteiger partial charge in [0.05, 0.1) is 5.60 Å². The maximum atomic E-state index is 5.58. The Morgan fingerprint density at radius 3 is 2.75 bits per heavy atom. The normalized spacial score (nSPS) is 14.1. The quantitative estimate of drug-likeness (QED) is 0.627. The van der Waals surface area contributed by atoms with Gasteiger partial charge in [-0.2, -0.15) is 0 Å². The second-order valence-electron chi connectivity index (χ2n) is 4.47. The molecule has 1 aromatic rings. The van der Waals surface area contributed by atoms with E-state index in [9.17, 15) is 0 Å². The fourth-order valence-electron chi connectivity index (χ4n) is 1.57. The van der Waals surface area contributed by atoms with E-state index in [2.05, 4.69) is 46.6 Å². The summed E-state index contributed by atoms with van der Waals surface area (Å²) in [4.78, 5) is 1.32. The van der Waals surface area contributed by atoms with Gasteiger partial charge in [-0.3, -0.25) is 11.3 Å². The number of hydrogen-bond donors (Lipinski definition) is 2. The molecule has 16 heavy (non-hydrogen) atoms. The van der Waals surface area contributed by atoms with Gasteiger partial charge in [-0.1, -0.05) is 0 Å². The van der Waals surface area contributed by atoms with Crippen molar-refractivity contribution in [1.82, 2.24) is 5.43 Å². The summed E-state index contributed by atoms with van der Waals surface area (Å²) in [7, 11) is 1.73. The Morgan fingerprint density at radius 1 is 1.62 bits per heavy atom. The van der Waals surface area contributed by atoms with Crippen molar-refractivity contribution < 1.29 is 4.74 Å². The lowest BCUT2D eigenvalue weighted by molar-refractivity contribution is 0.00716. The van der Waals surface area contributed by atoms with Gasteiger partial charge >= 0.3 is 0 Å². The van der Waals surface area contributed by atoms with Gasteiger partial charge in [0.1, 0.15) is 0 Å². The van der Waals surface area contributed by atoms with E-state index in [1.165, 1.54) is 4.88 Å². The van der Waals surface area contributed by atoms with Gasteiger partial charge in [0.2, 0.25) is 0 Å². The molecule has 1 unspecified atom stereocenters. The summed E-state index contributed by atoms with van der Waals surface area (Å²) in [5.74, 6) is 5.58. The Labute approximate surface area is 109 Å². The average Bonchev–Trinajstić information content (AvgIpc) is 2.63. The standard InChI is InChI=1S/C11H19BrN2OS/c1-11(2,15-3)6-9(14-13)5-10-4-8(12)7-16-10/h4,7,9,14H,5-6,13H2,1-3H3. The van der Waals surface area contributed by atoms with Crippen molar-refractivity contribution in [3.63, 3.8) is 0 Å². The van der Waals surface area contributed by atoms with E-state index in [1.54, 1.807) is 18.4 Å². The Hall–Kier alpha value is 0.0600. The molecule has 0 saturated heterocycles. The predicted molar refractivity (Wildman–Crippen MR) is 72.5 cm³/mol. The molecule has 1 atom stereocenters. The Morgan fingerprint density at radius 2 is 2.31 bits per heavy atom. The van der Waals surface area contributed by atoms with Crippen molar-refractivity contribution in [1.29, 1.82) is 0 Å². The van der Waals surface area contributed by atoms with E-state index < -0.39 is 0 Å². The number of hydrogen-bond acceptors (Lipinski definition) is 4. The van der Waals surface area contributed by atoms with Crippen LogP contribution in [0.2, 0.25) is 0 Å². The molecule has 0 aromatic carbocycles. The first-order chi connectivity index (χ1) is 7.46. The largest absolute Gasteiger partial charge is 0.379 e. The fourth-order valence-corrected chi connectivity index (χ4v) is 3.10. The molecular formula is C11H19BrN2OS. The summed E-state index contributed by atoms with van der Waals surface area (Å²) in [6.07, 6.45) is 1.81. The summed E-state index contributed by atoms with van der Waals surface area (Å²) >= 11 is 5.20. The minimum atomic E-state index is -0.147. The number of nitrogens with one attached hydrogen (secondary N) is 1. The molecule has 0 aliphatic heterocycles. The number of hydrazine groups is 1. The summed E-state index contributed by atoms with van der Waals surface area (Å²) < 4.78 is 6.55. The molecule has 0 saturated carbocycles. The first-order valence-corrected chi connectivity index (χ1v) is 6.88. The molecule has 0 bridgehead atoms. The lowest BCUT2D eigenvalue weighted by Gasteiger charge is -2.27. The van der Waals surface area contributed by atoms with Gasteiger partial charge in [0.25, 0.3) is 0 Å². The van der Waals surface area contributed by atoms with Crippen LogP contribution in [0.4, 0.5) is 0 Å². The van der Waals surface area contributed by atoms with Crippen LogP contribution in [-0.4, -0.2) is 18.8 Å². The summed E-state index contributed by atoms with van der Waals surface area (Å²) in [6.45, 7) is 4.14. The highest BCUT2D eigenvalue weighted by Crippen LogP contribution is 2.23. The maximum Gasteiger partial charge on any atom is 0.0638 e. The molecule has 0 aliphatic rings. The van der Waals surface area contributed by atoms with Crippen LogP contribution >= 0.6 is 27.3 Å². The smallest absolute Gasteiger partial charge is 0.0638 e. The van der Waals surface area contributed by atoms with Gasteiger partial charge in [0.15, 0.2) is 0 Å². The highest BCUT2D eigenvalue weighted by molar-refractivity contribution is 9.10. The highest BCUT2D eigenvalue weighted by Gasteiger charge is 2.22. The molecule has 1 rings (SSSR count). The van der Waals surface area contributed by atoms with Crippen LogP contribution in [-0.2, 0) is 11.2 Å². The SMILES string of the molecule is COC(C)(C)CC(Cc1cc(Br)cs1)NN. The molecular weight excluding hydrogens is 288 g/mol. The number of ether oxygens (including phenoxy) is 1. The topological polar surface area (TPSA) is 47.3 Å². The van der Waals surface area contributed by atoms with Crippen LogP contribution in [0, 0.1) is 0 Å². The number of methoxy groups -OCH3 is 1. The first-order valence-electron chi connectivity index (χ1n) is 5.21. The molecule has 92 valence electrons. The number of halogens is 1. The van der Waals surface area contributed by atoms with Gasteiger partial charge in [-0.15, -0.1) is 11.3 Å². The third-order valence-corrected chi connectivity index (χ3v) is 4.32. The van der Waals surface area contributed by atoms with E-state index in [4.69, 9.17) is 10.6 Å². The zero-order valence-electron chi connectivity index (χ0n) is 9.92. The van der Waals surface area contributed by atoms with E-state index in [0.717, 1.165) is 17.3 Å². The van der Waals surface area contributed by atoms with E-state index in [1.807, 2.05) is 0 Å². The van der Waals surface area contributed by atoms with Crippen LogP contribution in [0.15, 0.2) is 15.9 Å². The van der Waals surface area contributed by atoms with Crippen LogP contribution in [0.3, 0.4) is 0 Å². The maximum absolute atomic E-state index is 5.58. The van der Waals surface area contributed by atoms with Gasteiger partial charge < -0.3 is 4.74 Å². The molecule has 5 heteroatoms. The Balaban J connectivity index is 2.55. The third kappa shape index (κ3) is 4.51. The third-order valence-electron chi connectivity index (χ3n) is 2.60. The molecule has 0 aliphatic carbocycles. The summed E-state index contributed by atoms with van der Waals surface area (Å²) in [5, 5.41) is 2.09. The van der Waals surface area contributed by atoms with Gasteiger partial charge in [-0.05, 0) is 48.7 Å². The summed E-state index contributed by atoms with van der Waals surface area (Å²) in [5.41, 5.74) is 2.71. The molecule has 0 spiro atoms. The monoisotopic (exact) mass is 306 g/mol. The van der Waals surface area contributed by atoms with Crippen molar-refractivity contribution in [3.8, 4) is 0 Å². The lowest BCUT2D eigenvalue weighted by Crippen LogP contribution is -2.42. The molecule has 0 fully saturated rings. The van der Waals surface area contributed by atoms with Crippen molar-refractivity contribution in [2.24, 2.45) is 5.84 Å². The van der Waals surface area contributed by atoms with Crippen LogP contribution < -0.4 is 11.3 Å². The minimum absolute atomic E-state index is 0.147. The number of nitrogens with two attached hydrogens (primary N) is 1. The molecule has 0 radical (unpaired) electrons. The predicted octanol–water partition coefficient (Wildman–Crippen LogP) is 2.70. The van der Waals surface area contributed by atoms with Crippen molar-refractivity contribution in [2.75, 3.05) is 7.11 Å². The van der Waals surface area contributed by atoms with E-state index >= 15 is 0 Å². The second-order valence-corrected chi connectivity index (χ2v) is 6.38. The van der Waals surface area contributed by atoms with Crippen molar-refractivity contribution in [3.05, 3.63) is 20.8 Å². The Kier molecular flexibility index (Phi) is 5.40. The van der Waals surface area contributed by atoms with Crippen molar-refractivity contribution in [2.45, 2.75) is 38.3 Å². The minimum Gasteiger partial charge on any atom is -0.379 e. The summed E-state index contributed by atoms with van der Waals surface area (Å²) in [6, 6.07) is 2.37. The van der Waals surface area contributed by atoms with E-state index in [-0.39, 0.29) is 11.6 Å². The Bertz CT molecular complexity index is 328. The molecule has 1 aromatic heterocycles. The average molecular weight is 307 g/mol. The van der Waals surface area contributed by atoms with Crippen LogP contribution in [0.25, 0.3) is 0 Å². The lowest BCUT2D eigenvalue weighted by atomic mass is 9.97. The van der Waals surface area contributed by atoms with Gasteiger partial charge in [0, 0.05) is 27.9 Å². The zero-order chi connectivity index (χ0) is 12.2. The number of thiophene rings is 1. The molecule has 1 heterocycles. The second kappa shape index (κ2) is 6.12. The molecule has 0 amide bonds. The highest BCUT2D eigenvalue weighted by atomic mass is 79.9. The van der Waals surface area contributed by atoms with Gasteiger partial charge in [-0.25, -0.2) is 0 Å². The first kappa shape index (κ1) is 14.1. The van der Waals surface area contributed by atoms with E-state index in [0.29, 0.717) is 0 Å². The fraction of sp³-hybridized carbons (Fsp3) is 0.636. The number of rotatable bonds is 6. The van der Waals surface area contributed by atoms with Crippen LogP contribution in [0.1, 0.15) is 25.1 Å². The zero-order valence-corrected chi connectivity index (χ0v) is 12.3. The van der Waals surface area contributed by atoms with Crippen LogP contribution in [0.5, 0.6) is 0 Å². The molecule has 3 N–H and O–H groups in total. The molecule has 3 nitrogen and oxygen atoms in total. The van der Waals surface area contributed by atoms with Crippen molar-refractivity contribution >= 4 is 27.3 Å².